The van der Waals surface area contributed by atoms with Gasteiger partial charge in [0.15, 0.2) is 0 Å². The van der Waals surface area contributed by atoms with E-state index in [2.05, 4.69) is 0 Å². The third-order valence-corrected chi connectivity index (χ3v) is 4.78. The lowest BCUT2D eigenvalue weighted by Gasteiger charge is -2.27. The van der Waals surface area contributed by atoms with Crippen LogP contribution in [0.1, 0.15) is 36.8 Å². The molecule has 0 N–H and O–H groups in total. The molecule has 0 bridgehead atoms. The molecule has 2 aromatic rings. The highest BCUT2D eigenvalue weighted by molar-refractivity contribution is 5.83. The first-order valence-electron chi connectivity index (χ1n) is 8.19. The second-order valence-electron chi connectivity index (χ2n) is 6.23. The van der Waals surface area contributed by atoms with Crippen LogP contribution in [0.2, 0.25) is 0 Å². The summed E-state index contributed by atoms with van der Waals surface area (Å²) < 4.78 is 19.7. The number of hydrogen-bond donors (Lipinski definition) is 0. The van der Waals surface area contributed by atoms with Crippen molar-refractivity contribution in [3.05, 3.63) is 75.6 Å². The lowest BCUT2D eigenvalue weighted by atomic mass is 9.78. The minimum atomic E-state index is -1.01. The van der Waals surface area contributed by atoms with Gasteiger partial charge >= 0.3 is 5.97 Å². The number of nitrogens with zero attached hydrogens (tertiary/aromatic N) is 1. The highest BCUT2D eigenvalue weighted by atomic mass is 19.1. The third kappa shape index (κ3) is 3.24. The molecule has 2 aromatic carbocycles. The molecule has 5 nitrogen and oxygen atoms in total. The Hall–Kier alpha value is -2.76. The van der Waals surface area contributed by atoms with Crippen molar-refractivity contribution in [3.8, 4) is 0 Å². The zero-order valence-electron chi connectivity index (χ0n) is 13.6. The number of halogens is 1. The molecule has 0 radical (unpaired) electrons. The van der Waals surface area contributed by atoms with Gasteiger partial charge in [-0.05, 0) is 25.0 Å². The molecular formula is C19H18FNO4. The number of nitro groups is 1. The van der Waals surface area contributed by atoms with Gasteiger partial charge in [-0.1, -0.05) is 43.2 Å². The van der Waals surface area contributed by atoms with E-state index in [0.717, 1.165) is 12.8 Å². The van der Waals surface area contributed by atoms with E-state index < -0.39 is 22.1 Å². The second-order valence-corrected chi connectivity index (χ2v) is 6.23. The van der Waals surface area contributed by atoms with Crippen molar-refractivity contribution in [1.29, 1.82) is 0 Å². The molecule has 0 amide bonds. The Morgan fingerprint density at radius 2 is 1.76 bits per heavy atom. The average Bonchev–Trinajstić information content (AvgIpc) is 3.11. The number of carbonyl (C=O) groups excluding carboxylic acids is 1. The fraction of sp³-hybridized carbons (Fsp3) is 0.316. The maximum atomic E-state index is 14.3. The Morgan fingerprint density at radius 1 is 1.12 bits per heavy atom. The first-order chi connectivity index (χ1) is 12.0. The fourth-order valence-electron chi connectivity index (χ4n) is 3.50. The largest absolute Gasteiger partial charge is 0.460 e. The van der Waals surface area contributed by atoms with E-state index >= 15 is 0 Å². The molecule has 0 aromatic heterocycles. The summed E-state index contributed by atoms with van der Waals surface area (Å²) in [6.07, 6.45) is 2.66. The summed E-state index contributed by atoms with van der Waals surface area (Å²) in [5.41, 5.74) is -0.432. The van der Waals surface area contributed by atoms with Crippen molar-refractivity contribution in [2.24, 2.45) is 0 Å². The van der Waals surface area contributed by atoms with Gasteiger partial charge in [-0.15, -0.1) is 0 Å². The molecule has 1 aliphatic carbocycles. The summed E-state index contributed by atoms with van der Waals surface area (Å²) in [7, 11) is 0. The number of benzene rings is 2. The molecule has 1 saturated carbocycles. The first-order valence-corrected chi connectivity index (χ1v) is 8.19. The van der Waals surface area contributed by atoms with E-state index in [1.807, 2.05) is 0 Å². The summed E-state index contributed by atoms with van der Waals surface area (Å²) in [5.74, 6) is -0.944. The normalized spacial score (nSPS) is 15.7. The Bertz CT molecular complexity index is 800. The number of ether oxygens (including phenoxy) is 1. The van der Waals surface area contributed by atoms with Gasteiger partial charge in [0.05, 0.1) is 15.9 Å². The lowest BCUT2D eigenvalue weighted by Crippen LogP contribution is -2.35. The van der Waals surface area contributed by atoms with Crippen molar-refractivity contribution in [1.82, 2.24) is 0 Å². The smallest absolute Gasteiger partial charge is 0.317 e. The molecule has 0 spiro atoms. The number of carbonyl (C=O) groups is 1. The minimum absolute atomic E-state index is 0.0957. The highest BCUT2D eigenvalue weighted by Crippen LogP contribution is 2.43. The van der Waals surface area contributed by atoms with Gasteiger partial charge < -0.3 is 4.74 Å². The van der Waals surface area contributed by atoms with Crippen molar-refractivity contribution in [2.75, 3.05) is 0 Å². The van der Waals surface area contributed by atoms with Crippen LogP contribution in [0, 0.1) is 15.9 Å². The van der Waals surface area contributed by atoms with Crippen LogP contribution < -0.4 is 0 Å². The van der Waals surface area contributed by atoms with Crippen molar-refractivity contribution < 1.29 is 18.8 Å². The van der Waals surface area contributed by atoms with Gasteiger partial charge in [-0.2, -0.15) is 0 Å². The molecule has 0 aliphatic heterocycles. The first kappa shape index (κ1) is 17.1. The Labute approximate surface area is 144 Å². The molecular weight excluding hydrogens is 325 g/mol. The third-order valence-electron chi connectivity index (χ3n) is 4.78. The van der Waals surface area contributed by atoms with Crippen molar-refractivity contribution in [2.45, 2.75) is 37.7 Å². The number of nitro benzene ring substituents is 1. The molecule has 1 aliphatic rings. The van der Waals surface area contributed by atoms with Gasteiger partial charge in [0, 0.05) is 11.6 Å². The van der Waals surface area contributed by atoms with E-state index in [0.29, 0.717) is 24.0 Å². The Kier molecular flexibility index (Phi) is 4.79. The lowest BCUT2D eigenvalue weighted by molar-refractivity contribution is -0.385. The van der Waals surface area contributed by atoms with Crippen LogP contribution >= 0.6 is 0 Å². The van der Waals surface area contributed by atoms with Crippen LogP contribution in [0.25, 0.3) is 0 Å². The molecule has 0 heterocycles. The predicted octanol–water partition coefficient (Wildman–Crippen LogP) is 4.29. The number of rotatable bonds is 5. The Morgan fingerprint density at radius 3 is 2.44 bits per heavy atom. The molecule has 6 heteroatoms. The average molecular weight is 343 g/mol. The van der Waals surface area contributed by atoms with Gasteiger partial charge in [-0.3, -0.25) is 14.9 Å². The van der Waals surface area contributed by atoms with Crippen LogP contribution in [0.3, 0.4) is 0 Å². The number of hydrogen-bond acceptors (Lipinski definition) is 4. The zero-order chi connectivity index (χ0) is 17.9. The van der Waals surface area contributed by atoms with Gasteiger partial charge in [0.1, 0.15) is 12.4 Å². The monoisotopic (exact) mass is 343 g/mol. The summed E-state index contributed by atoms with van der Waals surface area (Å²) in [4.78, 5) is 23.4. The number of esters is 1. The molecule has 130 valence electrons. The molecule has 25 heavy (non-hydrogen) atoms. The van der Waals surface area contributed by atoms with Crippen LogP contribution in [0.5, 0.6) is 0 Å². The Balaban J connectivity index is 1.84. The van der Waals surface area contributed by atoms with Crippen LogP contribution in [0.15, 0.2) is 48.5 Å². The summed E-state index contributed by atoms with van der Waals surface area (Å²) in [6.45, 7) is -0.202. The quantitative estimate of drug-likeness (QED) is 0.461. The molecule has 0 unspecified atom stereocenters. The molecule has 0 saturated heterocycles. The van der Waals surface area contributed by atoms with E-state index in [-0.39, 0.29) is 12.3 Å². The van der Waals surface area contributed by atoms with Gasteiger partial charge in [-0.25, -0.2) is 4.39 Å². The minimum Gasteiger partial charge on any atom is -0.460 e. The standard InChI is InChI=1S/C19H18FNO4/c20-16-9-3-2-8-15(16)19(11-5-6-12-19)18(22)25-13-14-7-1-4-10-17(14)21(23)24/h1-4,7-10H,5-6,11-13H2. The molecule has 3 rings (SSSR count). The van der Waals surface area contributed by atoms with Gasteiger partial charge in [0.25, 0.3) is 5.69 Å². The van der Waals surface area contributed by atoms with E-state index in [9.17, 15) is 19.3 Å². The molecule has 1 fully saturated rings. The molecule has 0 atom stereocenters. The van der Waals surface area contributed by atoms with Crippen LogP contribution in [-0.4, -0.2) is 10.9 Å². The van der Waals surface area contributed by atoms with E-state index in [1.165, 1.54) is 12.1 Å². The summed E-state index contributed by atoms with van der Waals surface area (Å²) in [6, 6.07) is 12.4. The SMILES string of the molecule is O=C(OCc1ccccc1[N+](=O)[O-])C1(c2ccccc2F)CCCC1. The zero-order valence-corrected chi connectivity index (χ0v) is 13.6. The van der Waals surface area contributed by atoms with Gasteiger partial charge in [0.2, 0.25) is 0 Å². The van der Waals surface area contributed by atoms with E-state index in [4.69, 9.17) is 4.74 Å². The van der Waals surface area contributed by atoms with Crippen LogP contribution in [0.4, 0.5) is 10.1 Å². The maximum absolute atomic E-state index is 14.3. The number of para-hydroxylation sites is 1. The second kappa shape index (κ2) is 7.01. The van der Waals surface area contributed by atoms with Crippen molar-refractivity contribution >= 4 is 11.7 Å². The summed E-state index contributed by atoms with van der Waals surface area (Å²) >= 11 is 0. The maximum Gasteiger partial charge on any atom is 0.317 e. The highest BCUT2D eigenvalue weighted by Gasteiger charge is 2.45. The fourth-order valence-corrected chi connectivity index (χ4v) is 3.50. The van der Waals surface area contributed by atoms with Crippen LogP contribution in [-0.2, 0) is 21.6 Å². The topological polar surface area (TPSA) is 69.4 Å². The van der Waals surface area contributed by atoms with E-state index in [1.54, 1.807) is 36.4 Å². The summed E-state index contributed by atoms with van der Waals surface area (Å²) in [5, 5.41) is 11.1. The van der Waals surface area contributed by atoms with Crippen molar-refractivity contribution in [3.63, 3.8) is 0 Å². The predicted molar refractivity (Wildman–Crippen MR) is 89.4 cm³/mol.